The molecule has 1 aliphatic rings. The third-order valence-corrected chi connectivity index (χ3v) is 3.79. The van der Waals surface area contributed by atoms with E-state index in [2.05, 4.69) is 5.32 Å². The van der Waals surface area contributed by atoms with Gasteiger partial charge in [-0.2, -0.15) is 0 Å². The van der Waals surface area contributed by atoms with Crippen LogP contribution in [0.2, 0.25) is 0 Å². The van der Waals surface area contributed by atoms with Crippen LogP contribution in [0.25, 0.3) is 0 Å². The summed E-state index contributed by atoms with van der Waals surface area (Å²) in [5.41, 5.74) is 1.49. The molecule has 1 saturated carbocycles. The Kier molecular flexibility index (Phi) is 5.20. The summed E-state index contributed by atoms with van der Waals surface area (Å²) in [7, 11) is 1.66. The first-order valence-electron chi connectivity index (χ1n) is 7.43. The Balaban J connectivity index is 1.95. The van der Waals surface area contributed by atoms with E-state index in [1.165, 1.54) is 4.90 Å². The molecule has 114 valence electrons. The van der Waals surface area contributed by atoms with E-state index in [-0.39, 0.29) is 17.9 Å². The van der Waals surface area contributed by atoms with Crippen LogP contribution in [0.4, 0.5) is 16.2 Å². The summed E-state index contributed by atoms with van der Waals surface area (Å²) in [5, 5.41) is 2.93. The minimum absolute atomic E-state index is 0.0963. The molecule has 0 spiro atoms. The van der Waals surface area contributed by atoms with Gasteiger partial charge < -0.3 is 10.1 Å². The predicted molar refractivity (Wildman–Crippen MR) is 82.5 cm³/mol. The monoisotopic (exact) mass is 290 g/mol. The third-order valence-electron chi connectivity index (χ3n) is 3.79. The lowest BCUT2D eigenvalue weighted by Gasteiger charge is -2.17. The molecule has 2 rings (SSSR count). The van der Waals surface area contributed by atoms with E-state index in [9.17, 15) is 9.59 Å². The van der Waals surface area contributed by atoms with Gasteiger partial charge in [-0.15, -0.1) is 0 Å². The molecule has 0 saturated heterocycles. The zero-order valence-corrected chi connectivity index (χ0v) is 12.6. The lowest BCUT2D eigenvalue weighted by atomic mass is 10.1. The van der Waals surface area contributed by atoms with E-state index in [1.807, 2.05) is 0 Å². The molecule has 21 heavy (non-hydrogen) atoms. The zero-order chi connectivity index (χ0) is 15.2. The number of rotatable bonds is 4. The number of hydrogen-bond donors (Lipinski definition) is 1. The summed E-state index contributed by atoms with van der Waals surface area (Å²) < 4.78 is 4.94. The Morgan fingerprint density at radius 3 is 2.43 bits per heavy atom. The molecule has 0 radical (unpaired) electrons. The number of anilines is 2. The molecule has 1 fully saturated rings. The molecule has 0 bridgehead atoms. The van der Waals surface area contributed by atoms with Gasteiger partial charge in [0.2, 0.25) is 5.91 Å². The molecule has 1 aliphatic carbocycles. The number of nitrogens with one attached hydrogen (secondary N) is 1. The van der Waals surface area contributed by atoms with Crippen LogP contribution in [-0.2, 0) is 9.53 Å². The van der Waals surface area contributed by atoms with Gasteiger partial charge in [-0.05, 0) is 44.0 Å². The molecule has 0 heterocycles. The first-order chi connectivity index (χ1) is 10.1. The maximum atomic E-state index is 12.0. The van der Waals surface area contributed by atoms with Crippen LogP contribution in [0, 0.1) is 5.92 Å². The van der Waals surface area contributed by atoms with E-state index in [0.29, 0.717) is 6.61 Å². The normalized spacial score (nSPS) is 14.8. The number of carbonyl (C=O) groups excluding carboxylic acids is 2. The van der Waals surface area contributed by atoms with E-state index in [1.54, 1.807) is 38.2 Å². The summed E-state index contributed by atoms with van der Waals surface area (Å²) in [4.78, 5) is 25.1. The molecular formula is C16H22N2O3. The van der Waals surface area contributed by atoms with E-state index in [0.717, 1.165) is 37.1 Å². The van der Waals surface area contributed by atoms with Crippen molar-refractivity contribution in [3.05, 3.63) is 24.3 Å². The van der Waals surface area contributed by atoms with Crippen molar-refractivity contribution in [1.82, 2.24) is 0 Å². The summed E-state index contributed by atoms with van der Waals surface area (Å²) in [5.74, 6) is 0.242. The molecule has 0 aromatic heterocycles. The van der Waals surface area contributed by atoms with Gasteiger partial charge in [0.1, 0.15) is 0 Å². The van der Waals surface area contributed by atoms with Crippen LogP contribution in [-0.4, -0.2) is 25.7 Å². The topological polar surface area (TPSA) is 58.6 Å². The second kappa shape index (κ2) is 7.11. The predicted octanol–water partition coefficient (Wildman–Crippen LogP) is 3.41. The molecule has 1 aromatic rings. The average molecular weight is 290 g/mol. The summed E-state index contributed by atoms with van der Waals surface area (Å²) in [6.45, 7) is 2.12. The van der Waals surface area contributed by atoms with Crippen molar-refractivity contribution in [2.75, 3.05) is 23.9 Å². The Hall–Kier alpha value is -2.04. The first-order valence-corrected chi connectivity index (χ1v) is 7.43. The maximum absolute atomic E-state index is 12.0. The lowest BCUT2D eigenvalue weighted by molar-refractivity contribution is -0.119. The van der Waals surface area contributed by atoms with E-state index >= 15 is 0 Å². The number of hydrogen-bond acceptors (Lipinski definition) is 3. The lowest BCUT2D eigenvalue weighted by Crippen LogP contribution is -2.27. The van der Waals surface area contributed by atoms with Gasteiger partial charge in [-0.1, -0.05) is 12.8 Å². The maximum Gasteiger partial charge on any atom is 0.413 e. The highest BCUT2D eigenvalue weighted by molar-refractivity contribution is 5.93. The van der Waals surface area contributed by atoms with Gasteiger partial charge in [-0.25, -0.2) is 4.79 Å². The molecule has 1 aromatic carbocycles. The fourth-order valence-corrected chi connectivity index (χ4v) is 2.53. The highest BCUT2D eigenvalue weighted by Crippen LogP contribution is 2.26. The zero-order valence-electron chi connectivity index (χ0n) is 12.6. The largest absolute Gasteiger partial charge is 0.449 e. The van der Waals surface area contributed by atoms with Crippen molar-refractivity contribution in [2.24, 2.45) is 5.92 Å². The standard InChI is InChI=1S/C16H22N2O3/c1-3-21-16(20)18(2)14-10-8-13(9-11-14)17-15(19)12-6-4-5-7-12/h8-12H,3-7H2,1-2H3,(H,17,19). The second-order valence-electron chi connectivity index (χ2n) is 5.28. The molecule has 5 heteroatoms. The van der Waals surface area contributed by atoms with Crippen LogP contribution in [0.15, 0.2) is 24.3 Å². The number of amides is 2. The molecule has 0 atom stereocenters. The van der Waals surface area contributed by atoms with Crippen molar-refractivity contribution >= 4 is 23.4 Å². The quantitative estimate of drug-likeness (QED) is 0.924. The number of nitrogens with zero attached hydrogens (tertiary/aromatic N) is 1. The van der Waals surface area contributed by atoms with Crippen molar-refractivity contribution in [3.8, 4) is 0 Å². The van der Waals surface area contributed by atoms with Gasteiger partial charge in [-0.3, -0.25) is 9.69 Å². The van der Waals surface area contributed by atoms with Gasteiger partial charge in [0.25, 0.3) is 0 Å². The Labute approximate surface area is 125 Å². The average Bonchev–Trinajstić information content (AvgIpc) is 3.02. The van der Waals surface area contributed by atoms with E-state index < -0.39 is 0 Å². The first kappa shape index (κ1) is 15.4. The van der Waals surface area contributed by atoms with Crippen LogP contribution in [0.5, 0.6) is 0 Å². The fourth-order valence-electron chi connectivity index (χ4n) is 2.53. The number of benzene rings is 1. The van der Waals surface area contributed by atoms with Crippen molar-refractivity contribution < 1.29 is 14.3 Å². The van der Waals surface area contributed by atoms with Crippen molar-refractivity contribution in [1.29, 1.82) is 0 Å². The SMILES string of the molecule is CCOC(=O)N(C)c1ccc(NC(=O)C2CCCC2)cc1. The minimum atomic E-state index is -0.389. The van der Waals surface area contributed by atoms with Crippen LogP contribution in [0.3, 0.4) is 0 Å². The van der Waals surface area contributed by atoms with Gasteiger partial charge >= 0.3 is 6.09 Å². The Morgan fingerprint density at radius 2 is 1.86 bits per heavy atom. The molecule has 2 amide bonds. The Bertz CT molecular complexity index is 493. The Morgan fingerprint density at radius 1 is 1.24 bits per heavy atom. The van der Waals surface area contributed by atoms with Crippen LogP contribution in [0.1, 0.15) is 32.6 Å². The van der Waals surface area contributed by atoms with Crippen LogP contribution < -0.4 is 10.2 Å². The summed E-state index contributed by atoms with van der Waals surface area (Å²) in [6, 6.07) is 7.19. The number of ether oxygens (including phenoxy) is 1. The highest BCUT2D eigenvalue weighted by Gasteiger charge is 2.22. The van der Waals surface area contributed by atoms with Crippen LogP contribution >= 0.6 is 0 Å². The summed E-state index contributed by atoms with van der Waals surface area (Å²) >= 11 is 0. The highest BCUT2D eigenvalue weighted by atomic mass is 16.6. The summed E-state index contributed by atoms with van der Waals surface area (Å²) in [6.07, 6.45) is 3.86. The number of carbonyl (C=O) groups is 2. The van der Waals surface area contributed by atoms with Gasteiger partial charge in [0, 0.05) is 24.3 Å². The van der Waals surface area contributed by atoms with Crippen molar-refractivity contribution in [3.63, 3.8) is 0 Å². The fraction of sp³-hybridized carbons (Fsp3) is 0.500. The second-order valence-corrected chi connectivity index (χ2v) is 5.28. The molecule has 1 N–H and O–H groups in total. The third kappa shape index (κ3) is 3.97. The van der Waals surface area contributed by atoms with E-state index in [4.69, 9.17) is 4.74 Å². The molecule has 0 aliphatic heterocycles. The molecule has 5 nitrogen and oxygen atoms in total. The minimum Gasteiger partial charge on any atom is -0.449 e. The molecule has 0 unspecified atom stereocenters. The van der Waals surface area contributed by atoms with Gasteiger partial charge in [0.15, 0.2) is 0 Å². The smallest absolute Gasteiger partial charge is 0.413 e. The van der Waals surface area contributed by atoms with Gasteiger partial charge in [0.05, 0.1) is 6.61 Å². The van der Waals surface area contributed by atoms with Crippen molar-refractivity contribution in [2.45, 2.75) is 32.6 Å². The molecular weight excluding hydrogens is 268 g/mol.